The Hall–Kier alpha value is -1.96. The Morgan fingerprint density at radius 2 is 1.78 bits per heavy atom. The Morgan fingerprint density at radius 3 is 2.33 bits per heavy atom. The third-order valence-corrected chi connectivity index (χ3v) is 11.0. The van der Waals surface area contributed by atoms with Crippen LogP contribution in [0.2, 0.25) is 13.1 Å². The number of aliphatic hydroxyl groups is 2. The second-order valence-electron chi connectivity index (χ2n) is 6.72. The summed E-state index contributed by atoms with van der Waals surface area (Å²) in [4.78, 5) is 19.4. The van der Waals surface area contributed by atoms with Gasteiger partial charge in [0.1, 0.15) is 8.07 Å². The number of carboxylic acids is 1. The molecule has 3 rings (SSSR count). The maximum atomic E-state index is 11.1. The van der Waals surface area contributed by atoms with Gasteiger partial charge in [-0.1, -0.05) is 13.1 Å². The van der Waals surface area contributed by atoms with Crippen molar-refractivity contribution >= 4 is 58.2 Å². The molecule has 142 valence electrons. The third-order valence-electron chi connectivity index (χ3n) is 4.69. The molecular formula is C18H20N2O4S2Si. The summed E-state index contributed by atoms with van der Waals surface area (Å²) in [5, 5.41) is 31.3. The molecule has 27 heavy (non-hydrogen) atoms. The summed E-state index contributed by atoms with van der Waals surface area (Å²) >= 11 is 3.18. The molecule has 3 heterocycles. The molecule has 0 aromatic carbocycles. The number of hydrogen-bond donors (Lipinski definition) is 3. The van der Waals surface area contributed by atoms with Crippen LogP contribution >= 0.6 is 22.7 Å². The number of rotatable bonds is 7. The monoisotopic (exact) mass is 420 g/mol. The zero-order valence-corrected chi connectivity index (χ0v) is 17.7. The van der Waals surface area contributed by atoms with Crippen LogP contribution in [0, 0.1) is 6.57 Å². The first kappa shape index (κ1) is 19.8. The van der Waals surface area contributed by atoms with Gasteiger partial charge in [0, 0.05) is 27.7 Å². The molecule has 0 unspecified atom stereocenters. The van der Waals surface area contributed by atoms with E-state index in [-0.39, 0.29) is 18.9 Å². The lowest BCUT2D eigenvalue weighted by molar-refractivity contribution is -0.132. The van der Waals surface area contributed by atoms with Crippen LogP contribution < -0.4 is 15.3 Å². The van der Waals surface area contributed by atoms with E-state index in [0.29, 0.717) is 13.1 Å². The molecule has 0 bridgehead atoms. The average Bonchev–Trinajstić information content (AvgIpc) is 3.27. The summed E-state index contributed by atoms with van der Waals surface area (Å²) in [6.07, 6.45) is 1.45. The molecule has 6 nitrogen and oxygen atoms in total. The minimum atomic E-state index is -1.90. The fourth-order valence-corrected chi connectivity index (χ4v) is 10.5. The SMILES string of the molecule is [C-]#[N+]/C(=C\c1cc2c(s1)-c1sc(N(CCO)CCO)cc1[Si]2(C)C)C(=O)O. The van der Waals surface area contributed by atoms with Crippen molar-refractivity contribution in [2.75, 3.05) is 31.2 Å². The summed E-state index contributed by atoms with van der Waals surface area (Å²) in [5.74, 6) is -1.21. The van der Waals surface area contributed by atoms with Crippen LogP contribution in [-0.4, -0.2) is 55.7 Å². The van der Waals surface area contributed by atoms with E-state index in [4.69, 9.17) is 11.7 Å². The van der Waals surface area contributed by atoms with Crippen molar-refractivity contribution in [3.05, 3.63) is 34.1 Å². The van der Waals surface area contributed by atoms with Crippen molar-refractivity contribution in [2.24, 2.45) is 0 Å². The third kappa shape index (κ3) is 3.47. The first-order valence-electron chi connectivity index (χ1n) is 8.41. The average molecular weight is 421 g/mol. The van der Waals surface area contributed by atoms with E-state index in [9.17, 15) is 15.0 Å². The number of aliphatic hydroxyl groups excluding tert-OH is 2. The number of fused-ring (bicyclic) bond motifs is 3. The maximum Gasteiger partial charge on any atom is 0.333 e. The molecule has 0 saturated heterocycles. The van der Waals surface area contributed by atoms with Crippen molar-refractivity contribution in [3.8, 4) is 9.75 Å². The second kappa shape index (κ2) is 7.57. The van der Waals surface area contributed by atoms with Gasteiger partial charge in [-0.05, 0) is 28.6 Å². The standard InChI is InChI=1S/C18H20N2O4S2Si/c1-19-12(18(23)24)8-11-9-13-16(25-11)17-14(27(13,2)3)10-15(26-17)20(4-6-21)5-7-22/h8-10,21-22H,4-7H2,2-3H3,(H,23,24)/b12-8-. The molecule has 9 heteroatoms. The Kier molecular flexibility index (Phi) is 5.55. The molecular weight excluding hydrogens is 400 g/mol. The Labute approximate surface area is 166 Å². The lowest BCUT2D eigenvalue weighted by Crippen LogP contribution is -2.48. The Morgan fingerprint density at radius 1 is 1.19 bits per heavy atom. The fraction of sp³-hybridized carbons (Fsp3) is 0.333. The van der Waals surface area contributed by atoms with Crippen LogP contribution in [-0.2, 0) is 4.79 Å². The molecule has 3 N–H and O–H groups in total. The van der Waals surface area contributed by atoms with Crippen molar-refractivity contribution in [1.29, 1.82) is 0 Å². The summed E-state index contributed by atoms with van der Waals surface area (Å²) in [6.45, 7) is 12.6. The van der Waals surface area contributed by atoms with E-state index in [1.54, 1.807) is 11.3 Å². The highest BCUT2D eigenvalue weighted by Gasteiger charge is 2.41. The highest BCUT2D eigenvalue weighted by molar-refractivity contribution is 7.30. The number of thiophene rings is 2. The number of carboxylic acid groups (broad SMARTS) is 1. The highest BCUT2D eigenvalue weighted by atomic mass is 32.1. The van der Waals surface area contributed by atoms with Crippen LogP contribution in [0.25, 0.3) is 20.7 Å². The van der Waals surface area contributed by atoms with Crippen molar-refractivity contribution in [2.45, 2.75) is 13.1 Å². The molecule has 0 saturated carbocycles. The molecule has 2 aromatic rings. The normalized spacial score (nSPS) is 14.6. The second-order valence-corrected chi connectivity index (χ2v) is 13.2. The summed E-state index contributed by atoms with van der Waals surface area (Å²) in [5.41, 5.74) is -0.279. The van der Waals surface area contributed by atoms with E-state index in [1.165, 1.54) is 32.7 Å². The Balaban J connectivity index is 2.05. The molecule has 0 amide bonds. The van der Waals surface area contributed by atoms with Crippen molar-refractivity contribution in [1.82, 2.24) is 0 Å². The number of hydrogen-bond acceptors (Lipinski definition) is 6. The van der Waals surface area contributed by atoms with Gasteiger partial charge in [-0.3, -0.25) is 4.79 Å². The molecule has 1 aliphatic rings. The number of anilines is 1. The van der Waals surface area contributed by atoms with Crippen molar-refractivity contribution in [3.63, 3.8) is 0 Å². The molecule has 1 aliphatic heterocycles. The predicted molar refractivity (Wildman–Crippen MR) is 113 cm³/mol. The largest absolute Gasteiger partial charge is 0.486 e. The minimum Gasteiger partial charge on any atom is -0.486 e. The quantitative estimate of drug-likeness (QED) is 0.361. The molecule has 0 atom stereocenters. The van der Waals surface area contributed by atoms with Gasteiger partial charge in [0.05, 0.1) is 24.8 Å². The zero-order chi connectivity index (χ0) is 19.8. The van der Waals surface area contributed by atoms with Gasteiger partial charge in [0.25, 0.3) is 5.70 Å². The van der Waals surface area contributed by atoms with E-state index in [2.05, 4.69) is 24.0 Å². The Bertz CT molecular complexity index is 949. The molecule has 0 radical (unpaired) electrons. The zero-order valence-electron chi connectivity index (χ0n) is 15.0. The van der Waals surface area contributed by atoms with Gasteiger partial charge in [0.15, 0.2) is 0 Å². The van der Waals surface area contributed by atoms with Gasteiger partial charge in [-0.2, -0.15) is 0 Å². The first-order valence-corrected chi connectivity index (χ1v) is 13.0. The molecule has 0 fully saturated rings. The van der Waals surface area contributed by atoms with Gasteiger partial charge >= 0.3 is 5.97 Å². The van der Waals surface area contributed by atoms with Crippen LogP contribution in [0.5, 0.6) is 0 Å². The van der Waals surface area contributed by atoms with Crippen molar-refractivity contribution < 1.29 is 20.1 Å². The summed E-state index contributed by atoms with van der Waals surface area (Å²) < 4.78 is 0. The van der Waals surface area contributed by atoms with E-state index in [0.717, 1.165) is 14.8 Å². The topological polar surface area (TPSA) is 85.4 Å². The fourth-order valence-electron chi connectivity index (χ4n) is 3.28. The van der Waals surface area contributed by atoms with E-state index >= 15 is 0 Å². The predicted octanol–water partition coefficient (Wildman–Crippen LogP) is 1.75. The lowest BCUT2D eigenvalue weighted by Gasteiger charge is -2.21. The highest BCUT2D eigenvalue weighted by Crippen LogP contribution is 2.42. The van der Waals surface area contributed by atoms with Gasteiger partial charge in [0.2, 0.25) is 0 Å². The van der Waals surface area contributed by atoms with E-state index < -0.39 is 14.0 Å². The van der Waals surface area contributed by atoms with E-state index in [1.807, 2.05) is 11.0 Å². The van der Waals surface area contributed by atoms with Crippen LogP contribution in [0.4, 0.5) is 5.00 Å². The van der Waals surface area contributed by atoms with Gasteiger partial charge in [-0.25, -0.2) is 4.85 Å². The molecule has 0 aliphatic carbocycles. The number of carbonyl (C=O) groups is 1. The summed E-state index contributed by atoms with van der Waals surface area (Å²) in [6, 6.07) is 4.22. The number of aliphatic carboxylic acids is 1. The molecule has 2 aromatic heterocycles. The van der Waals surface area contributed by atoms with Gasteiger partial charge in [-0.15, -0.1) is 22.7 Å². The van der Waals surface area contributed by atoms with Crippen LogP contribution in [0.1, 0.15) is 4.88 Å². The minimum absolute atomic E-state index is 0.0250. The molecule has 0 spiro atoms. The van der Waals surface area contributed by atoms with Crippen LogP contribution in [0.15, 0.2) is 17.8 Å². The van der Waals surface area contributed by atoms with Crippen LogP contribution in [0.3, 0.4) is 0 Å². The lowest BCUT2D eigenvalue weighted by atomic mass is 10.3. The number of nitrogens with zero attached hydrogens (tertiary/aromatic N) is 2. The van der Waals surface area contributed by atoms with Gasteiger partial charge < -0.3 is 20.2 Å². The smallest absolute Gasteiger partial charge is 0.333 e. The maximum absolute atomic E-state index is 11.1. The summed E-state index contributed by atoms with van der Waals surface area (Å²) in [7, 11) is -1.90. The first-order chi connectivity index (χ1) is 12.8.